The van der Waals surface area contributed by atoms with Gasteiger partial charge in [0.05, 0.1) is 12.6 Å². The highest BCUT2D eigenvalue weighted by atomic mass is 19.1. The van der Waals surface area contributed by atoms with E-state index < -0.39 is 11.4 Å². The molecule has 0 bridgehead atoms. The van der Waals surface area contributed by atoms with Crippen LogP contribution in [0.5, 0.6) is 5.75 Å². The molecular formula is C29H32FN3O4. The Morgan fingerprint density at radius 2 is 1.68 bits per heavy atom. The molecule has 3 aromatic rings. The first-order chi connectivity index (χ1) is 17.8. The van der Waals surface area contributed by atoms with E-state index in [4.69, 9.17) is 9.47 Å². The molecular weight excluding hydrogens is 473 g/mol. The number of ether oxygens (including phenoxy) is 2. The maximum absolute atomic E-state index is 13.7. The summed E-state index contributed by atoms with van der Waals surface area (Å²) in [6, 6.07) is 21.0. The summed E-state index contributed by atoms with van der Waals surface area (Å²) in [5, 5.41) is 0. The summed E-state index contributed by atoms with van der Waals surface area (Å²) < 4.78 is 23.9. The second kappa shape index (κ2) is 11.4. The van der Waals surface area contributed by atoms with Crippen molar-refractivity contribution < 1.29 is 23.5 Å². The predicted octanol–water partition coefficient (Wildman–Crippen LogP) is 3.89. The van der Waals surface area contributed by atoms with Crippen LogP contribution in [0.25, 0.3) is 0 Å². The van der Waals surface area contributed by atoms with Gasteiger partial charge in [-0.05, 0) is 78.4 Å². The molecule has 0 saturated heterocycles. The molecule has 1 atom stereocenters. The van der Waals surface area contributed by atoms with E-state index in [0.717, 1.165) is 35.5 Å². The highest BCUT2D eigenvalue weighted by Gasteiger charge is 2.40. The molecule has 2 N–H and O–H groups in total. The Morgan fingerprint density at radius 3 is 2.35 bits per heavy atom. The van der Waals surface area contributed by atoms with E-state index in [9.17, 15) is 14.0 Å². The van der Waals surface area contributed by atoms with Gasteiger partial charge in [0.1, 0.15) is 18.2 Å². The van der Waals surface area contributed by atoms with Crippen molar-refractivity contribution in [2.45, 2.75) is 31.7 Å². The Labute approximate surface area is 216 Å². The number of carbonyl (C=O) groups excluding carboxylic acids is 2. The summed E-state index contributed by atoms with van der Waals surface area (Å²) in [5.74, 6) is -0.134. The Morgan fingerprint density at radius 1 is 0.973 bits per heavy atom. The molecule has 1 aliphatic rings. The number of methoxy groups -OCH3 is 2. The largest absolute Gasteiger partial charge is 0.497 e. The van der Waals surface area contributed by atoms with Gasteiger partial charge in [0.15, 0.2) is 0 Å². The second-order valence-corrected chi connectivity index (χ2v) is 9.20. The average Bonchev–Trinajstić information content (AvgIpc) is 2.91. The lowest BCUT2D eigenvalue weighted by Gasteiger charge is -2.48. The fraction of sp³-hybridized carbons (Fsp3) is 0.310. The van der Waals surface area contributed by atoms with Gasteiger partial charge in [-0.3, -0.25) is 20.4 Å². The lowest BCUT2D eigenvalue weighted by Crippen LogP contribution is -2.49. The third-order valence-electron chi connectivity index (χ3n) is 6.89. The van der Waals surface area contributed by atoms with Crippen molar-refractivity contribution in [3.05, 3.63) is 94.8 Å². The Hall–Kier alpha value is -3.91. The summed E-state index contributed by atoms with van der Waals surface area (Å²) in [4.78, 5) is 25.8. The van der Waals surface area contributed by atoms with Gasteiger partial charge in [0, 0.05) is 25.8 Å². The van der Waals surface area contributed by atoms with Crippen molar-refractivity contribution in [1.82, 2.24) is 10.9 Å². The molecule has 3 aromatic carbocycles. The van der Waals surface area contributed by atoms with Gasteiger partial charge in [-0.15, -0.1) is 0 Å². The smallest absolute Gasteiger partial charge is 0.264 e. The van der Waals surface area contributed by atoms with Crippen LogP contribution in [0, 0.1) is 5.82 Å². The number of anilines is 1. The molecule has 1 heterocycles. The normalized spacial score (nSPS) is 16.6. The molecule has 0 spiro atoms. The summed E-state index contributed by atoms with van der Waals surface area (Å²) in [6.45, 7) is 2.83. The van der Waals surface area contributed by atoms with Crippen molar-refractivity contribution in [3.8, 4) is 5.75 Å². The van der Waals surface area contributed by atoms with Gasteiger partial charge < -0.3 is 14.4 Å². The molecule has 0 fully saturated rings. The number of hydrogen-bond donors (Lipinski definition) is 2. The molecule has 7 nitrogen and oxygen atoms in total. The fourth-order valence-electron chi connectivity index (χ4n) is 4.92. The van der Waals surface area contributed by atoms with Crippen molar-refractivity contribution in [3.63, 3.8) is 0 Å². The van der Waals surface area contributed by atoms with Gasteiger partial charge in [0.25, 0.3) is 5.91 Å². The monoisotopic (exact) mass is 505 g/mol. The minimum atomic E-state index is -0.501. The Balaban J connectivity index is 1.58. The molecule has 8 heteroatoms. The highest BCUT2D eigenvalue weighted by Crippen LogP contribution is 2.44. The third kappa shape index (κ3) is 5.75. The van der Waals surface area contributed by atoms with Gasteiger partial charge in [0.2, 0.25) is 5.91 Å². The molecule has 194 valence electrons. The van der Waals surface area contributed by atoms with Crippen LogP contribution in [-0.4, -0.2) is 39.2 Å². The maximum Gasteiger partial charge on any atom is 0.264 e. The van der Waals surface area contributed by atoms with Crippen LogP contribution in [-0.2, 0) is 32.7 Å². The first-order valence-electron chi connectivity index (χ1n) is 12.2. The molecule has 0 radical (unpaired) electrons. The van der Waals surface area contributed by atoms with Gasteiger partial charge in [-0.1, -0.05) is 30.3 Å². The zero-order valence-electron chi connectivity index (χ0n) is 21.3. The van der Waals surface area contributed by atoms with Crippen LogP contribution in [0.3, 0.4) is 0 Å². The van der Waals surface area contributed by atoms with E-state index in [-0.39, 0.29) is 24.8 Å². The lowest BCUT2D eigenvalue weighted by molar-refractivity contribution is -0.131. The standard InChI is InChI=1S/C29H32FN3O4/c1-29(22-7-4-20(5-8-22)6-15-27(34)31-32-28(35)19-36-2)26-14-13-25(37-3)18-21(26)16-17-33(29)24-11-9-23(30)10-12-24/h4-5,7-14,18H,6,15-17,19H2,1-3H3,(H,31,34)(H,32,35). The molecule has 0 aliphatic carbocycles. The van der Waals surface area contributed by atoms with Crippen LogP contribution in [0.15, 0.2) is 66.7 Å². The zero-order chi connectivity index (χ0) is 26.4. The van der Waals surface area contributed by atoms with Crippen LogP contribution >= 0.6 is 0 Å². The van der Waals surface area contributed by atoms with Gasteiger partial charge in [-0.25, -0.2) is 4.39 Å². The molecule has 2 amide bonds. The molecule has 1 unspecified atom stereocenters. The predicted molar refractivity (Wildman–Crippen MR) is 140 cm³/mol. The average molecular weight is 506 g/mol. The first-order valence-corrected chi connectivity index (χ1v) is 12.2. The summed E-state index contributed by atoms with van der Waals surface area (Å²) in [6.07, 6.45) is 1.60. The third-order valence-corrected chi connectivity index (χ3v) is 6.89. The van der Waals surface area contributed by atoms with Crippen molar-refractivity contribution in [2.24, 2.45) is 0 Å². The fourth-order valence-corrected chi connectivity index (χ4v) is 4.92. The van der Waals surface area contributed by atoms with Gasteiger partial charge in [-0.2, -0.15) is 0 Å². The lowest BCUT2D eigenvalue weighted by atomic mass is 9.76. The van der Waals surface area contributed by atoms with E-state index >= 15 is 0 Å². The Bertz CT molecular complexity index is 1250. The van der Waals surface area contributed by atoms with E-state index in [1.165, 1.54) is 30.4 Å². The minimum Gasteiger partial charge on any atom is -0.497 e. The summed E-state index contributed by atoms with van der Waals surface area (Å²) in [5.41, 5.74) is 9.63. The van der Waals surface area contributed by atoms with E-state index in [1.807, 2.05) is 30.3 Å². The number of nitrogens with one attached hydrogen (secondary N) is 2. The van der Waals surface area contributed by atoms with Crippen molar-refractivity contribution in [2.75, 3.05) is 32.3 Å². The number of fused-ring (bicyclic) bond motifs is 1. The van der Waals surface area contributed by atoms with Crippen LogP contribution in [0.4, 0.5) is 10.1 Å². The summed E-state index contributed by atoms with van der Waals surface area (Å²) in [7, 11) is 3.08. The number of carbonyl (C=O) groups is 2. The quantitative estimate of drug-likeness (QED) is 0.454. The van der Waals surface area contributed by atoms with Gasteiger partial charge >= 0.3 is 0 Å². The molecule has 37 heavy (non-hydrogen) atoms. The van der Waals surface area contributed by atoms with Crippen LogP contribution < -0.4 is 20.5 Å². The maximum atomic E-state index is 13.7. The summed E-state index contributed by atoms with van der Waals surface area (Å²) >= 11 is 0. The molecule has 0 aromatic heterocycles. The number of hydrogen-bond acceptors (Lipinski definition) is 5. The molecule has 1 aliphatic heterocycles. The first kappa shape index (κ1) is 26.2. The topological polar surface area (TPSA) is 79.9 Å². The number of nitrogens with zero attached hydrogens (tertiary/aromatic N) is 1. The molecule has 4 rings (SSSR count). The number of hydrazine groups is 1. The minimum absolute atomic E-state index is 0.120. The van der Waals surface area contributed by atoms with Crippen molar-refractivity contribution in [1.29, 1.82) is 0 Å². The van der Waals surface area contributed by atoms with E-state index in [1.54, 1.807) is 7.11 Å². The zero-order valence-corrected chi connectivity index (χ0v) is 21.3. The SMILES string of the molecule is COCC(=O)NNC(=O)CCc1ccc(C2(C)c3ccc(OC)cc3CCN2c2ccc(F)cc2)cc1. The number of amides is 2. The number of rotatable bonds is 8. The second-order valence-electron chi connectivity index (χ2n) is 9.20. The number of aryl methyl sites for hydroxylation is 1. The molecule has 0 saturated carbocycles. The van der Waals surface area contributed by atoms with E-state index in [0.29, 0.717) is 6.42 Å². The Kier molecular flexibility index (Phi) is 8.08. The number of halogens is 1. The van der Waals surface area contributed by atoms with E-state index in [2.05, 4.69) is 46.9 Å². The van der Waals surface area contributed by atoms with Crippen molar-refractivity contribution >= 4 is 17.5 Å². The highest BCUT2D eigenvalue weighted by molar-refractivity contribution is 5.82. The van der Waals surface area contributed by atoms with Crippen LogP contribution in [0.1, 0.15) is 35.6 Å². The number of benzene rings is 3. The van der Waals surface area contributed by atoms with Crippen LogP contribution in [0.2, 0.25) is 0 Å².